The largest absolute Gasteiger partial charge is 0.480 e. The number of rotatable bonds is 11. The molecule has 2 aromatic rings. The molecule has 2 aromatic heterocycles. The van der Waals surface area contributed by atoms with Crippen LogP contribution in [0, 0.1) is 13.8 Å². The second-order valence-electron chi connectivity index (χ2n) is 8.15. The summed E-state index contributed by atoms with van der Waals surface area (Å²) in [5, 5.41) is 15.4. The van der Waals surface area contributed by atoms with E-state index in [2.05, 4.69) is 27.8 Å². The first kappa shape index (κ1) is 23.7. The zero-order chi connectivity index (χ0) is 22.9. The van der Waals surface area contributed by atoms with Crippen LogP contribution in [0.25, 0.3) is 0 Å². The summed E-state index contributed by atoms with van der Waals surface area (Å²) in [4.78, 5) is 32.9. The van der Waals surface area contributed by atoms with Crippen LogP contribution in [0.4, 0.5) is 5.82 Å². The van der Waals surface area contributed by atoms with Crippen LogP contribution >= 0.6 is 0 Å². The van der Waals surface area contributed by atoms with Gasteiger partial charge in [-0.1, -0.05) is 6.07 Å². The lowest BCUT2D eigenvalue weighted by Crippen LogP contribution is -2.42. The number of carboxylic acids is 1. The van der Waals surface area contributed by atoms with Crippen molar-refractivity contribution in [3.63, 3.8) is 0 Å². The Bertz CT molecular complexity index is 927. The van der Waals surface area contributed by atoms with Gasteiger partial charge in [0.05, 0.1) is 11.3 Å². The van der Waals surface area contributed by atoms with E-state index in [1.54, 1.807) is 26.1 Å². The van der Waals surface area contributed by atoms with E-state index in [1.165, 1.54) is 5.56 Å². The van der Waals surface area contributed by atoms with Gasteiger partial charge >= 0.3 is 5.97 Å². The van der Waals surface area contributed by atoms with Gasteiger partial charge in [-0.15, -0.1) is 0 Å². The zero-order valence-electron chi connectivity index (χ0n) is 18.8. The highest BCUT2D eigenvalue weighted by Crippen LogP contribution is 2.20. The summed E-state index contributed by atoms with van der Waals surface area (Å²) >= 11 is 0. The van der Waals surface area contributed by atoms with Crippen molar-refractivity contribution in [2.45, 2.75) is 58.4 Å². The van der Waals surface area contributed by atoms with Crippen LogP contribution in [0.1, 0.15) is 58.6 Å². The highest BCUT2D eigenvalue weighted by atomic mass is 16.5. The Morgan fingerprint density at radius 1 is 1.22 bits per heavy atom. The van der Waals surface area contributed by atoms with Crippen LogP contribution < -0.4 is 10.6 Å². The van der Waals surface area contributed by atoms with E-state index in [0.29, 0.717) is 17.9 Å². The first-order valence-electron chi connectivity index (χ1n) is 11.2. The Kier molecular flexibility index (Phi) is 8.56. The molecule has 3 N–H and O–H groups in total. The van der Waals surface area contributed by atoms with E-state index in [1.807, 2.05) is 0 Å². The molecule has 0 aromatic carbocycles. The lowest BCUT2D eigenvalue weighted by Gasteiger charge is -2.17. The number of anilines is 1. The number of amides is 1. The number of hydrogen-bond acceptors (Lipinski definition) is 6. The SMILES string of the molecule is Cc1ccnc(C)c1C(=O)NC(CCOCCCCc1ccc2c(n1)NCCC2)C(=O)O. The number of pyridine rings is 2. The average molecular weight is 441 g/mol. The maximum Gasteiger partial charge on any atom is 0.326 e. The number of aliphatic carboxylic acids is 1. The van der Waals surface area contributed by atoms with Crippen molar-refractivity contribution in [2.75, 3.05) is 25.1 Å². The van der Waals surface area contributed by atoms with Crippen LogP contribution in [0.5, 0.6) is 0 Å². The standard InChI is InChI=1S/C24H32N4O4/c1-16-10-13-25-17(2)21(16)23(29)28-20(24(30)31)11-15-32-14-4-3-7-19-9-8-18-6-5-12-26-22(18)27-19/h8-10,13,20H,3-7,11-12,14-15H2,1-2H3,(H,26,27)(H,28,29)(H,30,31). The highest BCUT2D eigenvalue weighted by Gasteiger charge is 2.22. The molecule has 1 aliphatic heterocycles. The fourth-order valence-electron chi connectivity index (χ4n) is 3.85. The second-order valence-corrected chi connectivity index (χ2v) is 8.15. The van der Waals surface area contributed by atoms with Gasteiger partial charge in [-0.25, -0.2) is 9.78 Å². The molecule has 0 radical (unpaired) electrons. The molecule has 172 valence electrons. The Balaban J connectivity index is 1.36. The number of carboxylic acid groups (broad SMARTS) is 1. The number of carbonyl (C=O) groups excluding carboxylic acids is 1. The topological polar surface area (TPSA) is 113 Å². The van der Waals surface area contributed by atoms with E-state index in [9.17, 15) is 14.7 Å². The highest BCUT2D eigenvalue weighted by molar-refractivity contribution is 5.98. The van der Waals surface area contributed by atoms with Crippen LogP contribution in [0.2, 0.25) is 0 Å². The monoisotopic (exact) mass is 440 g/mol. The van der Waals surface area contributed by atoms with Gasteiger partial charge in [0.25, 0.3) is 5.91 Å². The Morgan fingerprint density at radius 3 is 2.84 bits per heavy atom. The molecule has 1 amide bonds. The molecule has 32 heavy (non-hydrogen) atoms. The molecule has 0 aliphatic carbocycles. The molecule has 0 saturated carbocycles. The summed E-state index contributed by atoms with van der Waals surface area (Å²) in [6, 6.07) is 4.98. The molecule has 1 aliphatic rings. The van der Waals surface area contributed by atoms with Gasteiger partial charge < -0.3 is 20.5 Å². The molecule has 0 saturated heterocycles. The molecule has 0 bridgehead atoms. The minimum Gasteiger partial charge on any atom is -0.480 e. The quantitative estimate of drug-likeness (QED) is 0.460. The van der Waals surface area contributed by atoms with Crippen molar-refractivity contribution >= 4 is 17.7 Å². The van der Waals surface area contributed by atoms with Gasteiger partial charge in [0.2, 0.25) is 0 Å². The van der Waals surface area contributed by atoms with E-state index < -0.39 is 17.9 Å². The number of fused-ring (bicyclic) bond motifs is 1. The number of aromatic nitrogens is 2. The predicted molar refractivity (Wildman–Crippen MR) is 122 cm³/mol. The molecule has 8 heteroatoms. The van der Waals surface area contributed by atoms with Crippen LogP contribution in [-0.2, 0) is 22.4 Å². The first-order chi connectivity index (χ1) is 15.5. The third-order valence-corrected chi connectivity index (χ3v) is 5.65. The maximum absolute atomic E-state index is 12.5. The lowest BCUT2D eigenvalue weighted by molar-refractivity contribution is -0.139. The molecule has 1 atom stereocenters. The smallest absolute Gasteiger partial charge is 0.326 e. The van der Waals surface area contributed by atoms with Gasteiger partial charge in [0.1, 0.15) is 11.9 Å². The van der Waals surface area contributed by atoms with Gasteiger partial charge in [-0.3, -0.25) is 9.78 Å². The fourth-order valence-corrected chi connectivity index (χ4v) is 3.85. The summed E-state index contributed by atoms with van der Waals surface area (Å²) in [6.45, 7) is 5.33. The van der Waals surface area contributed by atoms with Crippen molar-refractivity contribution < 1.29 is 19.4 Å². The van der Waals surface area contributed by atoms with E-state index in [-0.39, 0.29) is 13.0 Å². The molecule has 8 nitrogen and oxygen atoms in total. The minimum atomic E-state index is -1.08. The molecule has 0 spiro atoms. The third-order valence-electron chi connectivity index (χ3n) is 5.65. The predicted octanol–water partition coefficient (Wildman–Crippen LogP) is 3.06. The molecule has 0 fully saturated rings. The second kappa shape index (κ2) is 11.6. The number of ether oxygens (including phenoxy) is 1. The number of hydrogen-bond donors (Lipinski definition) is 3. The van der Waals surface area contributed by atoms with Gasteiger partial charge in [-0.05, 0) is 69.2 Å². The molecule has 3 rings (SSSR count). The third kappa shape index (κ3) is 6.50. The zero-order valence-corrected chi connectivity index (χ0v) is 18.8. The average Bonchev–Trinajstić information content (AvgIpc) is 2.77. The van der Waals surface area contributed by atoms with Crippen molar-refractivity contribution in [1.82, 2.24) is 15.3 Å². The summed E-state index contributed by atoms with van der Waals surface area (Å²) in [5.41, 5.74) is 4.13. The van der Waals surface area contributed by atoms with Crippen molar-refractivity contribution in [3.8, 4) is 0 Å². The van der Waals surface area contributed by atoms with Crippen LogP contribution in [0.3, 0.4) is 0 Å². The van der Waals surface area contributed by atoms with Crippen LogP contribution in [0.15, 0.2) is 24.4 Å². The van der Waals surface area contributed by atoms with Gasteiger partial charge in [0.15, 0.2) is 0 Å². The molecule has 1 unspecified atom stereocenters. The van der Waals surface area contributed by atoms with E-state index in [0.717, 1.165) is 55.7 Å². The summed E-state index contributed by atoms with van der Waals surface area (Å²) in [7, 11) is 0. The Hall–Kier alpha value is -3.00. The summed E-state index contributed by atoms with van der Waals surface area (Å²) < 4.78 is 5.62. The maximum atomic E-state index is 12.5. The van der Waals surface area contributed by atoms with Gasteiger partial charge in [0, 0.05) is 38.1 Å². The number of nitrogens with one attached hydrogen (secondary N) is 2. The first-order valence-corrected chi connectivity index (χ1v) is 11.2. The summed E-state index contributed by atoms with van der Waals surface area (Å²) in [5.74, 6) is -0.482. The fraction of sp³-hybridized carbons (Fsp3) is 0.500. The minimum absolute atomic E-state index is 0.206. The van der Waals surface area contributed by atoms with Crippen LogP contribution in [-0.4, -0.2) is 52.8 Å². The normalized spacial score (nSPS) is 13.7. The number of nitrogens with zero attached hydrogens (tertiary/aromatic N) is 2. The number of unbranched alkanes of at least 4 members (excludes halogenated alkanes) is 1. The van der Waals surface area contributed by atoms with Crippen molar-refractivity contribution in [1.29, 1.82) is 0 Å². The molecular weight excluding hydrogens is 408 g/mol. The number of carbonyl (C=O) groups is 2. The Morgan fingerprint density at radius 2 is 2.06 bits per heavy atom. The van der Waals surface area contributed by atoms with E-state index in [4.69, 9.17) is 9.72 Å². The Labute approximate surface area is 188 Å². The molecule has 3 heterocycles. The van der Waals surface area contributed by atoms with E-state index >= 15 is 0 Å². The van der Waals surface area contributed by atoms with Crippen molar-refractivity contribution in [3.05, 3.63) is 52.5 Å². The summed E-state index contributed by atoms with van der Waals surface area (Å²) in [6.07, 6.45) is 6.77. The lowest BCUT2D eigenvalue weighted by atomic mass is 10.1. The van der Waals surface area contributed by atoms with Gasteiger partial charge in [-0.2, -0.15) is 0 Å². The van der Waals surface area contributed by atoms with Crippen molar-refractivity contribution in [2.24, 2.45) is 0 Å². The molecular formula is C24H32N4O4. The number of aryl methyl sites for hydroxylation is 4.